The fourth-order valence-electron chi connectivity index (χ4n) is 1.16. The number of rotatable bonds is 4. The maximum absolute atomic E-state index is 12.2. The van der Waals surface area contributed by atoms with Crippen LogP contribution in [-0.2, 0) is 11.9 Å². The molecule has 0 unspecified atom stereocenters. The summed E-state index contributed by atoms with van der Waals surface area (Å²) in [5.41, 5.74) is 0.160. The van der Waals surface area contributed by atoms with Crippen LogP contribution in [0.4, 0.5) is 13.2 Å². The summed E-state index contributed by atoms with van der Waals surface area (Å²) in [7, 11) is 1.27. The van der Waals surface area contributed by atoms with E-state index in [9.17, 15) is 13.2 Å². The van der Waals surface area contributed by atoms with E-state index in [0.29, 0.717) is 0 Å². The maximum atomic E-state index is 12.2. The Labute approximate surface area is 103 Å². The quantitative estimate of drug-likeness (QED) is 0.867. The molecule has 1 rings (SSSR count). The van der Waals surface area contributed by atoms with Crippen molar-refractivity contribution in [1.82, 2.24) is 4.98 Å². The summed E-state index contributed by atoms with van der Waals surface area (Å²) in [6, 6.07) is 1.02. The SMILES string of the molecule is COc1nc(CO)cc(OC(F)(F)F)c1CBr. The van der Waals surface area contributed by atoms with Crippen molar-refractivity contribution in [2.24, 2.45) is 0 Å². The molecule has 17 heavy (non-hydrogen) atoms. The number of methoxy groups -OCH3 is 1. The first-order valence-corrected chi connectivity index (χ1v) is 5.52. The number of aliphatic hydroxyl groups excluding tert-OH is 1. The Morgan fingerprint density at radius 2 is 2.12 bits per heavy atom. The van der Waals surface area contributed by atoms with E-state index in [-0.39, 0.29) is 22.5 Å². The average molecular weight is 316 g/mol. The second-order valence-corrected chi connectivity index (χ2v) is 3.50. The molecule has 1 aromatic rings. The van der Waals surface area contributed by atoms with Crippen molar-refractivity contribution in [1.29, 1.82) is 0 Å². The third-order valence-corrected chi connectivity index (χ3v) is 2.37. The Balaban J connectivity index is 3.24. The fourth-order valence-corrected chi connectivity index (χ4v) is 1.68. The first-order chi connectivity index (χ1) is 7.91. The summed E-state index contributed by atoms with van der Waals surface area (Å²) < 4.78 is 45.2. The van der Waals surface area contributed by atoms with Crippen LogP contribution < -0.4 is 9.47 Å². The zero-order valence-electron chi connectivity index (χ0n) is 8.71. The third-order valence-electron chi connectivity index (χ3n) is 1.81. The predicted octanol–water partition coefficient (Wildman–Crippen LogP) is 2.38. The second kappa shape index (κ2) is 5.54. The van der Waals surface area contributed by atoms with E-state index >= 15 is 0 Å². The number of hydrogen-bond acceptors (Lipinski definition) is 4. The molecule has 0 spiro atoms. The Morgan fingerprint density at radius 1 is 1.47 bits per heavy atom. The van der Waals surface area contributed by atoms with Crippen molar-refractivity contribution < 1.29 is 27.8 Å². The summed E-state index contributed by atoms with van der Waals surface area (Å²) in [5.74, 6) is -0.460. The van der Waals surface area contributed by atoms with Gasteiger partial charge in [0.2, 0.25) is 5.88 Å². The minimum absolute atomic E-state index is 0.0207. The standard InChI is InChI=1S/C9H9BrF3NO3/c1-16-8-6(3-10)7(17-9(11,12)13)2-5(4-15)14-8/h2,15H,3-4H2,1H3. The first kappa shape index (κ1) is 14.0. The van der Waals surface area contributed by atoms with Gasteiger partial charge in [-0.1, -0.05) is 15.9 Å². The Kier molecular flexibility index (Phi) is 4.58. The van der Waals surface area contributed by atoms with Gasteiger partial charge in [0.05, 0.1) is 25.0 Å². The number of alkyl halides is 4. The number of pyridine rings is 1. The van der Waals surface area contributed by atoms with Gasteiger partial charge >= 0.3 is 6.36 Å². The lowest BCUT2D eigenvalue weighted by molar-refractivity contribution is -0.274. The Hall–Kier alpha value is -1.02. The number of aromatic nitrogens is 1. The van der Waals surface area contributed by atoms with Crippen LogP contribution in [0.3, 0.4) is 0 Å². The Bertz CT molecular complexity index is 398. The summed E-state index contributed by atoms with van der Waals surface area (Å²) in [5, 5.41) is 8.96. The molecular formula is C9H9BrF3NO3. The predicted molar refractivity (Wildman–Crippen MR) is 56.0 cm³/mol. The molecule has 0 bridgehead atoms. The molecule has 96 valence electrons. The molecule has 0 aliphatic heterocycles. The number of halogens is 4. The van der Waals surface area contributed by atoms with Crippen LogP contribution >= 0.6 is 15.9 Å². The topological polar surface area (TPSA) is 51.6 Å². The van der Waals surface area contributed by atoms with Crippen molar-refractivity contribution in [2.45, 2.75) is 18.3 Å². The highest BCUT2D eigenvalue weighted by Gasteiger charge is 2.33. The number of nitrogens with zero attached hydrogens (tertiary/aromatic N) is 1. The van der Waals surface area contributed by atoms with E-state index in [1.165, 1.54) is 7.11 Å². The fraction of sp³-hybridized carbons (Fsp3) is 0.444. The van der Waals surface area contributed by atoms with Gasteiger partial charge in [0.25, 0.3) is 0 Å². The molecule has 0 aliphatic rings. The van der Waals surface area contributed by atoms with Gasteiger partial charge in [0.1, 0.15) is 5.75 Å². The molecule has 0 atom stereocenters. The van der Waals surface area contributed by atoms with Gasteiger partial charge in [-0.3, -0.25) is 0 Å². The molecule has 0 aromatic carbocycles. The summed E-state index contributed by atoms with van der Waals surface area (Å²) in [4.78, 5) is 3.82. The van der Waals surface area contributed by atoms with E-state index in [0.717, 1.165) is 6.07 Å². The van der Waals surface area contributed by atoms with E-state index in [2.05, 4.69) is 25.7 Å². The van der Waals surface area contributed by atoms with Crippen LogP contribution in [0.5, 0.6) is 11.6 Å². The van der Waals surface area contributed by atoms with Crippen LogP contribution in [0.15, 0.2) is 6.07 Å². The highest BCUT2D eigenvalue weighted by molar-refractivity contribution is 9.08. The van der Waals surface area contributed by atoms with Gasteiger partial charge in [-0.25, -0.2) is 4.98 Å². The van der Waals surface area contributed by atoms with Crippen molar-refractivity contribution in [2.75, 3.05) is 7.11 Å². The van der Waals surface area contributed by atoms with Gasteiger partial charge in [0.15, 0.2) is 0 Å². The van der Waals surface area contributed by atoms with E-state index in [1.54, 1.807) is 0 Å². The van der Waals surface area contributed by atoms with Crippen molar-refractivity contribution >= 4 is 15.9 Å². The van der Waals surface area contributed by atoms with E-state index in [4.69, 9.17) is 9.84 Å². The summed E-state index contributed by atoms with van der Waals surface area (Å²) in [6.07, 6.45) is -4.81. The monoisotopic (exact) mass is 315 g/mol. The van der Waals surface area contributed by atoms with E-state index < -0.39 is 18.7 Å². The minimum atomic E-state index is -4.81. The van der Waals surface area contributed by atoms with Crippen molar-refractivity contribution in [3.05, 3.63) is 17.3 Å². The van der Waals surface area contributed by atoms with Crippen molar-refractivity contribution in [3.8, 4) is 11.6 Å². The molecule has 0 saturated carbocycles. The van der Waals surface area contributed by atoms with Gasteiger partial charge in [-0.15, -0.1) is 13.2 Å². The molecule has 0 aliphatic carbocycles. The van der Waals surface area contributed by atoms with Gasteiger partial charge in [-0.05, 0) is 0 Å². The normalized spacial score (nSPS) is 11.4. The second-order valence-electron chi connectivity index (χ2n) is 2.94. The number of hydrogen-bond donors (Lipinski definition) is 1. The molecule has 0 saturated heterocycles. The maximum Gasteiger partial charge on any atom is 0.573 e. The van der Waals surface area contributed by atoms with Gasteiger partial charge in [0, 0.05) is 11.4 Å². The average Bonchev–Trinajstić information content (AvgIpc) is 2.25. The number of ether oxygens (including phenoxy) is 2. The van der Waals surface area contributed by atoms with Gasteiger partial charge < -0.3 is 14.6 Å². The number of aliphatic hydroxyl groups is 1. The van der Waals surface area contributed by atoms with Crippen LogP contribution in [0.2, 0.25) is 0 Å². The largest absolute Gasteiger partial charge is 0.573 e. The zero-order valence-corrected chi connectivity index (χ0v) is 10.3. The molecule has 0 amide bonds. The molecule has 8 heteroatoms. The molecule has 1 N–H and O–H groups in total. The highest BCUT2D eigenvalue weighted by Crippen LogP contribution is 2.33. The molecular weight excluding hydrogens is 307 g/mol. The Morgan fingerprint density at radius 3 is 2.53 bits per heavy atom. The lowest BCUT2D eigenvalue weighted by Gasteiger charge is -2.15. The minimum Gasteiger partial charge on any atom is -0.481 e. The van der Waals surface area contributed by atoms with Gasteiger partial charge in [-0.2, -0.15) is 0 Å². The smallest absolute Gasteiger partial charge is 0.481 e. The van der Waals surface area contributed by atoms with Crippen LogP contribution in [0.25, 0.3) is 0 Å². The third kappa shape index (κ3) is 3.74. The summed E-state index contributed by atoms with van der Waals surface area (Å²) >= 11 is 3.02. The van der Waals surface area contributed by atoms with Crippen molar-refractivity contribution in [3.63, 3.8) is 0 Å². The lowest BCUT2D eigenvalue weighted by atomic mass is 10.2. The van der Waals surface area contributed by atoms with Crippen LogP contribution in [-0.4, -0.2) is 23.6 Å². The van der Waals surface area contributed by atoms with E-state index in [1.807, 2.05) is 0 Å². The zero-order chi connectivity index (χ0) is 13.1. The molecule has 0 fully saturated rings. The molecule has 1 heterocycles. The first-order valence-electron chi connectivity index (χ1n) is 4.40. The summed E-state index contributed by atoms with van der Waals surface area (Å²) in [6.45, 7) is -0.507. The van der Waals surface area contributed by atoms with Crippen LogP contribution in [0, 0.1) is 0 Å². The molecule has 1 aromatic heterocycles. The molecule has 4 nitrogen and oxygen atoms in total. The molecule has 0 radical (unpaired) electrons. The highest BCUT2D eigenvalue weighted by atomic mass is 79.9. The van der Waals surface area contributed by atoms with Crippen LogP contribution in [0.1, 0.15) is 11.3 Å². The lowest BCUT2D eigenvalue weighted by Crippen LogP contribution is -2.18.